The zero-order valence-corrected chi connectivity index (χ0v) is 20.0. The minimum Gasteiger partial charge on any atom is -0.441 e. The number of carbonyl (C=O) groups excluding carboxylic acids is 4. The number of methoxy groups -OCH3 is 1. The van der Waals surface area contributed by atoms with Crippen molar-refractivity contribution in [3.8, 4) is 0 Å². The summed E-state index contributed by atoms with van der Waals surface area (Å²) in [6.45, 7) is 6.28. The summed E-state index contributed by atoms with van der Waals surface area (Å²) in [6, 6.07) is 8.37. The number of benzene rings is 1. The van der Waals surface area contributed by atoms with Gasteiger partial charge in [0.15, 0.2) is 23.0 Å². The number of amides is 1. The Morgan fingerprint density at radius 1 is 1.06 bits per heavy atom. The predicted octanol–water partition coefficient (Wildman–Crippen LogP) is 2.02. The maximum absolute atomic E-state index is 13.2. The molecule has 0 saturated carbocycles. The molecule has 1 fully saturated rings. The van der Waals surface area contributed by atoms with Gasteiger partial charge in [-0.05, 0) is 6.92 Å². The maximum atomic E-state index is 13.2. The number of carbonyl (C=O) groups is 4. The first-order valence-electron chi connectivity index (χ1n) is 10.4. The third-order valence-corrected chi connectivity index (χ3v) is 7.82. The summed E-state index contributed by atoms with van der Waals surface area (Å²) < 4.78 is 36.8. The Morgan fingerprint density at radius 2 is 1.67 bits per heavy atom. The molecule has 1 amide bonds. The van der Waals surface area contributed by atoms with Gasteiger partial charge in [0.2, 0.25) is 15.3 Å². The number of Topliss-reactive ketones (excluding diaryl/α,β-unsaturated/α-hetero) is 2. The number of sulfone groups is 1. The van der Waals surface area contributed by atoms with Crippen LogP contribution in [-0.4, -0.2) is 60.8 Å². The van der Waals surface area contributed by atoms with Crippen LogP contribution in [0.25, 0.3) is 0 Å². The molecule has 0 aromatic heterocycles. The molecule has 1 aromatic carbocycles. The Hall–Kier alpha value is -2.85. The van der Waals surface area contributed by atoms with E-state index in [1.165, 1.54) is 14.0 Å². The molecule has 33 heavy (non-hydrogen) atoms. The van der Waals surface area contributed by atoms with E-state index in [9.17, 15) is 27.6 Å². The van der Waals surface area contributed by atoms with Crippen molar-refractivity contribution in [3.63, 3.8) is 0 Å². The van der Waals surface area contributed by atoms with Crippen molar-refractivity contribution in [2.45, 2.75) is 57.5 Å². The van der Waals surface area contributed by atoms with Crippen LogP contribution in [-0.2, 0) is 33.7 Å². The Bertz CT molecular complexity index is 1130. The van der Waals surface area contributed by atoms with Gasteiger partial charge >= 0.3 is 5.97 Å². The van der Waals surface area contributed by atoms with E-state index in [4.69, 9.17) is 9.47 Å². The fourth-order valence-corrected chi connectivity index (χ4v) is 6.02. The van der Waals surface area contributed by atoms with Crippen molar-refractivity contribution in [2.24, 2.45) is 5.41 Å². The van der Waals surface area contributed by atoms with E-state index in [2.05, 4.69) is 0 Å². The predicted molar refractivity (Wildman–Crippen MR) is 117 cm³/mol. The van der Waals surface area contributed by atoms with E-state index in [-0.39, 0.29) is 29.9 Å². The van der Waals surface area contributed by atoms with Crippen molar-refractivity contribution in [3.05, 3.63) is 47.2 Å². The van der Waals surface area contributed by atoms with Crippen LogP contribution in [0.15, 0.2) is 41.6 Å². The molecule has 3 atom stereocenters. The summed E-state index contributed by atoms with van der Waals surface area (Å²) in [5, 5.41) is -1.47. The zero-order chi connectivity index (χ0) is 24.7. The van der Waals surface area contributed by atoms with Crippen molar-refractivity contribution in [1.82, 2.24) is 4.90 Å². The summed E-state index contributed by atoms with van der Waals surface area (Å²) in [6.07, 6.45) is -1.80. The second-order valence-electron chi connectivity index (χ2n) is 9.07. The number of hydrogen-bond acceptors (Lipinski definition) is 8. The summed E-state index contributed by atoms with van der Waals surface area (Å²) >= 11 is 0. The minimum absolute atomic E-state index is 0.0446. The van der Waals surface area contributed by atoms with Crippen LogP contribution < -0.4 is 0 Å². The van der Waals surface area contributed by atoms with Gasteiger partial charge in [0.05, 0.1) is 12.1 Å². The van der Waals surface area contributed by atoms with Crippen LogP contribution in [0.1, 0.15) is 50.9 Å². The third-order valence-electron chi connectivity index (χ3n) is 5.64. The molecule has 3 rings (SSSR count). The lowest BCUT2D eigenvalue weighted by Gasteiger charge is -2.50. The second kappa shape index (κ2) is 8.83. The van der Waals surface area contributed by atoms with Crippen LogP contribution in [0.3, 0.4) is 0 Å². The maximum Gasteiger partial charge on any atom is 0.307 e. The number of esters is 1. The van der Waals surface area contributed by atoms with Crippen molar-refractivity contribution in [2.75, 3.05) is 7.11 Å². The second-order valence-corrected chi connectivity index (χ2v) is 11.2. The number of rotatable bonds is 7. The van der Waals surface area contributed by atoms with Gasteiger partial charge in [0, 0.05) is 30.1 Å². The minimum atomic E-state index is -4.26. The molecule has 1 aromatic rings. The molecule has 10 heteroatoms. The van der Waals surface area contributed by atoms with E-state index < -0.39 is 49.8 Å². The third kappa shape index (κ3) is 4.37. The normalized spacial score (nSPS) is 24.1. The first-order chi connectivity index (χ1) is 15.3. The first kappa shape index (κ1) is 24.8. The molecule has 0 spiro atoms. The topological polar surface area (TPSA) is 124 Å². The highest BCUT2D eigenvalue weighted by Gasteiger charge is 2.64. The molecule has 178 valence electrons. The van der Waals surface area contributed by atoms with Gasteiger partial charge in [0.1, 0.15) is 0 Å². The largest absolute Gasteiger partial charge is 0.441 e. The van der Waals surface area contributed by atoms with Gasteiger partial charge in [0.25, 0.3) is 5.91 Å². The Balaban J connectivity index is 1.89. The number of fused-ring (bicyclic) bond motifs is 1. The van der Waals surface area contributed by atoms with Crippen molar-refractivity contribution >= 4 is 33.3 Å². The average molecular weight is 478 g/mol. The van der Waals surface area contributed by atoms with Crippen molar-refractivity contribution < 1.29 is 37.1 Å². The lowest BCUT2D eigenvalue weighted by Crippen LogP contribution is -2.72. The molecule has 1 unspecified atom stereocenters. The zero-order valence-electron chi connectivity index (χ0n) is 19.2. The van der Waals surface area contributed by atoms with Gasteiger partial charge in [-0.3, -0.25) is 24.1 Å². The fraction of sp³-hybridized carbons (Fsp3) is 0.478. The highest BCUT2D eigenvalue weighted by atomic mass is 32.2. The highest BCUT2D eigenvalue weighted by molar-refractivity contribution is 7.93. The Kier molecular flexibility index (Phi) is 6.63. The van der Waals surface area contributed by atoms with Crippen LogP contribution in [0.2, 0.25) is 0 Å². The van der Waals surface area contributed by atoms with Crippen LogP contribution in [0.5, 0.6) is 0 Å². The number of β-lactam (4-membered cyclic amide) rings is 1. The molecule has 1 saturated heterocycles. The van der Waals surface area contributed by atoms with Gasteiger partial charge in [-0.25, -0.2) is 8.42 Å². The van der Waals surface area contributed by atoms with E-state index in [1.54, 1.807) is 51.1 Å². The van der Waals surface area contributed by atoms with Crippen LogP contribution in [0, 0.1) is 5.41 Å². The lowest BCUT2D eigenvalue weighted by atomic mass is 9.85. The standard InChI is InChI=1S/C23H27NO8S/c1-13-17(19(27)23(2,3)4)24-20(28)18(31-5)21(24)33(29,30)22(13)32-16(26)12-11-15(25)14-9-7-6-8-10-14/h6-10,18,21-22H,11-12H2,1-5H3/t18-,21?,22-/m0/s1. The Morgan fingerprint density at radius 3 is 2.21 bits per heavy atom. The van der Waals surface area contributed by atoms with Crippen LogP contribution in [0.4, 0.5) is 0 Å². The first-order valence-corrected chi connectivity index (χ1v) is 12.0. The summed E-state index contributed by atoms with van der Waals surface area (Å²) in [7, 11) is -3.07. The Labute approximate surface area is 192 Å². The lowest BCUT2D eigenvalue weighted by molar-refractivity contribution is -0.162. The van der Waals surface area contributed by atoms with Crippen molar-refractivity contribution in [1.29, 1.82) is 0 Å². The van der Waals surface area contributed by atoms with E-state index in [0.717, 1.165) is 4.90 Å². The van der Waals surface area contributed by atoms with Crippen LogP contribution >= 0.6 is 0 Å². The van der Waals surface area contributed by atoms with Gasteiger partial charge in [-0.1, -0.05) is 51.1 Å². The SMILES string of the molecule is CO[C@H]1C(=O)N2C(C(=O)C(C)(C)C)=C(C)[C@@H](OC(=O)CCC(=O)c3ccccc3)S(=O)(=O)C12. The highest BCUT2D eigenvalue weighted by Crippen LogP contribution is 2.43. The molecule has 0 aliphatic carbocycles. The molecule has 0 N–H and O–H groups in total. The summed E-state index contributed by atoms with van der Waals surface area (Å²) in [4.78, 5) is 51.4. The molecule has 0 radical (unpaired) electrons. The number of allylic oxidation sites excluding steroid dienone is 1. The average Bonchev–Trinajstić information content (AvgIpc) is 2.75. The number of hydrogen-bond donors (Lipinski definition) is 0. The molecule has 2 aliphatic rings. The molecule has 9 nitrogen and oxygen atoms in total. The van der Waals surface area contributed by atoms with Gasteiger partial charge < -0.3 is 9.47 Å². The molecule has 0 bridgehead atoms. The summed E-state index contributed by atoms with van der Waals surface area (Å²) in [5.74, 6) is -2.28. The fourth-order valence-electron chi connectivity index (χ4n) is 3.85. The molecule has 2 heterocycles. The smallest absolute Gasteiger partial charge is 0.307 e. The number of ketones is 2. The monoisotopic (exact) mass is 477 g/mol. The van der Waals surface area contributed by atoms with E-state index in [1.807, 2.05) is 0 Å². The molecular weight excluding hydrogens is 450 g/mol. The van der Waals surface area contributed by atoms with Gasteiger partial charge in [-0.2, -0.15) is 0 Å². The van der Waals surface area contributed by atoms with E-state index >= 15 is 0 Å². The molecular formula is C23H27NO8S. The number of nitrogens with zero attached hydrogens (tertiary/aromatic N) is 1. The summed E-state index contributed by atoms with van der Waals surface area (Å²) in [5.41, 5.74) is -2.39. The van der Waals surface area contributed by atoms with E-state index in [0.29, 0.717) is 5.56 Å². The molecule has 2 aliphatic heterocycles. The quantitative estimate of drug-likeness (QED) is 0.332. The van der Waals surface area contributed by atoms with Gasteiger partial charge in [-0.15, -0.1) is 0 Å². The number of ether oxygens (including phenoxy) is 2.